The first-order valence-electron chi connectivity index (χ1n) is 10.8. The van der Waals surface area contributed by atoms with Gasteiger partial charge in [-0.25, -0.2) is 15.0 Å². The van der Waals surface area contributed by atoms with Gasteiger partial charge in [-0.1, -0.05) is 42.5 Å². The Hall–Kier alpha value is -4.27. The van der Waals surface area contributed by atoms with Gasteiger partial charge >= 0.3 is 5.97 Å². The summed E-state index contributed by atoms with van der Waals surface area (Å²) >= 11 is 0. The molecule has 3 aromatic rings. The van der Waals surface area contributed by atoms with Crippen LogP contribution in [0, 0.1) is 0 Å². The second-order valence-electron chi connectivity index (χ2n) is 7.71. The van der Waals surface area contributed by atoms with Crippen LogP contribution in [-0.2, 0) is 14.3 Å². The molecule has 1 amide bonds. The highest BCUT2D eigenvalue weighted by molar-refractivity contribution is 6.03. The topological polar surface area (TPSA) is 97.2 Å². The Morgan fingerprint density at radius 3 is 2.41 bits per heavy atom. The number of esters is 1. The van der Waals surface area contributed by atoms with Crippen molar-refractivity contribution in [1.82, 2.24) is 15.0 Å². The third-order valence-electron chi connectivity index (χ3n) is 5.39. The molecule has 1 aliphatic rings. The van der Waals surface area contributed by atoms with E-state index in [1.165, 1.54) is 5.01 Å². The minimum Gasteiger partial charge on any atom is -0.497 e. The van der Waals surface area contributed by atoms with Crippen LogP contribution in [0.2, 0.25) is 0 Å². The molecule has 0 spiro atoms. The van der Waals surface area contributed by atoms with Gasteiger partial charge in [0.2, 0.25) is 5.95 Å². The maximum atomic E-state index is 13.1. The van der Waals surface area contributed by atoms with E-state index in [2.05, 4.69) is 15.1 Å². The van der Waals surface area contributed by atoms with Crippen LogP contribution in [0.3, 0.4) is 0 Å². The van der Waals surface area contributed by atoms with Crippen LogP contribution in [-0.4, -0.2) is 59.9 Å². The van der Waals surface area contributed by atoms with Crippen LogP contribution in [0.25, 0.3) is 0 Å². The van der Waals surface area contributed by atoms with Gasteiger partial charge in [0.25, 0.3) is 5.91 Å². The van der Waals surface area contributed by atoms with E-state index in [4.69, 9.17) is 9.47 Å². The molecule has 1 unspecified atom stereocenters. The highest BCUT2D eigenvalue weighted by Gasteiger charge is 2.33. The Balaban J connectivity index is 1.45. The Morgan fingerprint density at radius 2 is 1.74 bits per heavy atom. The molecule has 0 aliphatic carbocycles. The van der Waals surface area contributed by atoms with E-state index in [-0.39, 0.29) is 12.6 Å². The number of amides is 1. The number of benzene rings is 2. The molecule has 1 aromatic heterocycles. The number of ether oxygens (including phenoxy) is 2. The van der Waals surface area contributed by atoms with E-state index in [1.807, 2.05) is 54.6 Å². The zero-order valence-electron chi connectivity index (χ0n) is 19.0. The smallest absolute Gasteiger partial charge is 0.326 e. The number of carbonyl (C=O) groups excluding carboxylic acids is 2. The average molecular weight is 460 g/mol. The Kier molecular flexibility index (Phi) is 7.12. The van der Waals surface area contributed by atoms with Crippen molar-refractivity contribution >= 4 is 23.5 Å². The van der Waals surface area contributed by atoms with Crippen LogP contribution >= 0.6 is 0 Å². The number of nitrogens with zero attached hydrogens (tertiary/aromatic N) is 5. The molecule has 0 saturated carbocycles. The van der Waals surface area contributed by atoms with Crippen molar-refractivity contribution < 1.29 is 19.1 Å². The van der Waals surface area contributed by atoms with Gasteiger partial charge in [-0.3, -0.25) is 9.59 Å². The van der Waals surface area contributed by atoms with Crippen LogP contribution in [0.1, 0.15) is 23.6 Å². The van der Waals surface area contributed by atoms with E-state index in [9.17, 15) is 9.59 Å². The maximum Gasteiger partial charge on any atom is 0.326 e. The van der Waals surface area contributed by atoms with Gasteiger partial charge in [0.1, 0.15) is 12.3 Å². The van der Waals surface area contributed by atoms with Gasteiger partial charge in [-0.2, -0.15) is 5.10 Å². The molecule has 9 nitrogen and oxygen atoms in total. The van der Waals surface area contributed by atoms with Crippen molar-refractivity contribution in [2.45, 2.75) is 12.5 Å². The van der Waals surface area contributed by atoms with Crippen LogP contribution in [0.5, 0.6) is 5.75 Å². The van der Waals surface area contributed by atoms with Crippen molar-refractivity contribution in [2.24, 2.45) is 5.10 Å². The highest BCUT2D eigenvalue weighted by atomic mass is 16.5. The number of rotatable bonds is 8. The molecule has 9 heteroatoms. The predicted octanol–water partition coefficient (Wildman–Crippen LogP) is 2.84. The third kappa shape index (κ3) is 5.37. The normalized spacial score (nSPS) is 14.9. The predicted molar refractivity (Wildman–Crippen MR) is 126 cm³/mol. The van der Waals surface area contributed by atoms with Crippen LogP contribution < -0.4 is 9.64 Å². The van der Waals surface area contributed by atoms with E-state index in [0.29, 0.717) is 12.4 Å². The number of anilines is 1. The molecule has 34 heavy (non-hydrogen) atoms. The molecule has 0 saturated heterocycles. The van der Waals surface area contributed by atoms with Gasteiger partial charge in [0.05, 0.1) is 18.9 Å². The van der Waals surface area contributed by atoms with Gasteiger partial charge in [-0.05, 0) is 29.3 Å². The fourth-order valence-electron chi connectivity index (χ4n) is 3.64. The lowest BCUT2D eigenvalue weighted by Gasteiger charge is -2.22. The van der Waals surface area contributed by atoms with E-state index < -0.39 is 18.5 Å². The number of hydrogen-bond donors (Lipinski definition) is 0. The summed E-state index contributed by atoms with van der Waals surface area (Å²) in [5, 5.41) is 6.00. The van der Waals surface area contributed by atoms with Crippen molar-refractivity contribution in [1.29, 1.82) is 0 Å². The second-order valence-corrected chi connectivity index (χ2v) is 7.71. The van der Waals surface area contributed by atoms with Crippen molar-refractivity contribution in [2.75, 3.05) is 32.2 Å². The summed E-state index contributed by atoms with van der Waals surface area (Å²) in [5.74, 6) is 0.153. The quantitative estimate of drug-likeness (QED) is 0.478. The lowest BCUT2D eigenvalue weighted by Crippen LogP contribution is -2.34. The Bertz CT molecular complexity index is 1150. The lowest BCUT2D eigenvalue weighted by molar-refractivity contribution is -0.151. The molecule has 1 atom stereocenters. The van der Waals surface area contributed by atoms with Crippen molar-refractivity contribution in [3.8, 4) is 5.75 Å². The van der Waals surface area contributed by atoms with E-state index in [0.717, 1.165) is 22.6 Å². The molecule has 0 bridgehead atoms. The summed E-state index contributed by atoms with van der Waals surface area (Å²) in [6.07, 6.45) is 3.72. The standard InChI is InChI=1S/C25H25N5O4/c1-29(25-26-13-6-14-27-25)16-24(32)34-17-23(31)30-22(19-9-11-20(33-2)12-10-19)15-21(28-30)18-7-4-3-5-8-18/h3-14,22H,15-17H2,1-2H3. The summed E-state index contributed by atoms with van der Waals surface area (Å²) in [7, 11) is 3.28. The lowest BCUT2D eigenvalue weighted by atomic mass is 9.98. The Morgan fingerprint density at radius 1 is 1.03 bits per heavy atom. The summed E-state index contributed by atoms with van der Waals surface area (Å²) in [6, 6.07) is 18.6. The number of methoxy groups -OCH3 is 1. The maximum absolute atomic E-state index is 13.1. The molecule has 0 N–H and O–H groups in total. The second kappa shape index (κ2) is 10.6. The monoisotopic (exact) mass is 459 g/mol. The summed E-state index contributed by atoms with van der Waals surface area (Å²) in [6.45, 7) is -0.502. The summed E-state index contributed by atoms with van der Waals surface area (Å²) in [4.78, 5) is 35.1. The van der Waals surface area contributed by atoms with E-state index >= 15 is 0 Å². The van der Waals surface area contributed by atoms with Crippen LogP contribution in [0.15, 0.2) is 78.2 Å². The van der Waals surface area contributed by atoms with Gasteiger partial charge < -0.3 is 14.4 Å². The minimum atomic E-state index is -0.559. The van der Waals surface area contributed by atoms with Crippen LogP contribution in [0.4, 0.5) is 5.95 Å². The van der Waals surface area contributed by atoms with Crippen molar-refractivity contribution in [3.05, 3.63) is 84.2 Å². The highest BCUT2D eigenvalue weighted by Crippen LogP contribution is 2.33. The first kappa shape index (κ1) is 22.9. The molecule has 0 fully saturated rings. The first-order valence-corrected chi connectivity index (χ1v) is 10.8. The molecule has 2 heterocycles. The first-order chi connectivity index (χ1) is 16.5. The fraction of sp³-hybridized carbons (Fsp3) is 0.240. The Labute approximate surface area is 197 Å². The molecule has 1 aliphatic heterocycles. The number of hydrazone groups is 1. The molecule has 2 aromatic carbocycles. The number of likely N-dealkylation sites (N-methyl/N-ethyl adjacent to an activating group) is 1. The SMILES string of the molecule is COc1ccc(C2CC(c3ccccc3)=NN2C(=O)COC(=O)CN(C)c2ncccn2)cc1. The molecule has 0 radical (unpaired) electrons. The van der Waals surface area contributed by atoms with E-state index in [1.54, 1.807) is 37.5 Å². The largest absolute Gasteiger partial charge is 0.497 e. The van der Waals surface area contributed by atoms with Gasteiger partial charge in [-0.15, -0.1) is 0 Å². The molecule has 4 rings (SSSR count). The number of hydrogen-bond acceptors (Lipinski definition) is 8. The van der Waals surface area contributed by atoms with Crippen molar-refractivity contribution in [3.63, 3.8) is 0 Å². The number of aromatic nitrogens is 2. The van der Waals surface area contributed by atoms with Gasteiger partial charge in [0.15, 0.2) is 6.61 Å². The molecular weight excluding hydrogens is 434 g/mol. The summed E-state index contributed by atoms with van der Waals surface area (Å²) in [5.41, 5.74) is 2.65. The average Bonchev–Trinajstić information content (AvgIpc) is 3.34. The molecular formula is C25H25N5O4. The zero-order chi connectivity index (χ0) is 23.9. The third-order valence-corrected chi connectivity index (χ3v) is 5.39. The fourth-order valence-corrected chi connectivity index (χ4v) is 3.64. The van der Waals surface area contributed by atoms with Gasteiger partial charge in [0, 0.05) is 25.9 Å². The zero-order valence-corrected chi connectivity index (χ0v) is 19.0. The minimum absolute atomic E-state index is 0.0856. The summed E-state index contributed by atoms with van der Waals surface area (Å²) < 4.78 is 10.5. The molecule has 174 valence electrons. The number of carbonyl (C=O) groups is 2.